The van der Waals surface area contributed by atoms with E-state index in [-0.39, 0.29) is 18.3 Å². The first kappa shape index (κ1) is 19.1. The summed E-state index contributed by atoms with van der Waals surface area (Å²) < 4.78 is 25.8. The van der Waals surface area contributed by atoms with Crippen LogP contribution in [0.4, 0.5) is 4.39 Å². The molecule has 1 N–H and O–H groups in total. The Morgan fingerprint density at radius 3 is 2.81 bits per heavy atom. The van der Waals surface area contributed by atoms with Crippen molar-refractivity contribution in [1.29, 1.82) is 0 Å². The molecule has 0 atom stereocenters. The molecule has 4 nitrogen and oxygen atoms in total. The van der Waals surface area contributed by atoms with E-state index in [2.05, 4.69) is 27.9 Å². The van der Waals surface area contributed by atoms with Crippen LogP contribution in [-0.4, -0.2) is 17.3 Å². The zero-order valence-corrected chi connectivity index (χ0v) is 17.3. The molecule has 26 heavy (non-hydrogen) atoms. The monoisotopic (exact) mass is 501 g/mol. The van der Waals surface area contributed by atoms with Crippen molar-refractivity contribution in [3.8, 4) is 11.5 Å². The lowest BCUT2D eigenvalue weighted by atomic mass is 10.2. The van der Waals surface area contributed by atoms with Gasteiger partial charge in [-0.15, -0.1) is 0 Å². The molecule has 2 aromatic rings. The average molecular weight is 501 g/mol. The van der Waals surface area contributed by atoms with Gasteiger partial charge in [0.25, 0.3) is 5.91 Å². The summed E-state index contributed by atoms with van der Waals surface area (Å²) in [6.07, 6.45) is 1.75. The van der Waals surface area contributed by atoms with Gasteiger partial charge in [-0.05, 0) is 64.1 Å². The molecule has 1 heterocycles. The summed E-state index contributed by atoms with van der Waals surface area (Å²) in [6, 6.07) is 9.91. The minimum atomic E-state index is -0.306. The van der Waals surface area contributed by atoms with Crippen molar-refractivity contribution >= 4 is 62.9 Å². The van der Waals surface area contributed by atoms with Gasteiger partial charge in [-0.3, -0.25) is 4.79 Å². The van der Waals surface area contributed by atoms with Crippen molar-refractivity contribution < 1.29 is 18.7 Å². The van der Waals surface area contributed by atoms with Crippen LogP contribution in [0.15, 0.2) is 41.3 Å². The Balaban J connectivity index is 1.84. The molecular formula is C18H13FINO3S2. The lowest BCUT2D eigenvalue weighted by molar-refractivity contribution is -0.115. The smallest absolute Gasteiger partial charge is 0.263 e. The predicted molar refractivity (Wildman–Crippen MR) is 113 cm³/mol. The second kappa shape index (κ2) is 8.36. The normalized spacial score (nSPS) is 15.3. The maximum atomic E-state index is 13.3. The second-order valence-electron chi connectivity index (χ2n) is 5.30. The number of halogens is 2. The van der Waals surface area contributed by atoms with Crippen LogP contribution in [0.5, 0.6) is 11.5 Å². The van der Waals surface area contributed by atoms with Gasteiger partial charge in [-0.2, -0.15) is 0 Å². The second-order valence-corrected chi connectivity index (χ2v) is 8.19. The molecule has 0 saturated carbocycles. The maximum Gasteiger partial charge on any atom is 0.263 e. The molecule has 0 spiro atoms. The first-order valence-electron chi connectivity index (χ1n) is 7.46. The minimum absolute atomic E-state index is 0.208. The molecule has 0 unspecified atom stereocenters. The number of hydrogen-bond acceptors (Lipinski definition) is 5. The van der Waals surface area contributed by atoms with Gasteiger partial charge in [0.05, 0.1) is 15.6 Å². The lowest BCUT2D eigenvalue weighted by Gasteiger charge is -2.14. The fourth-order valence-corrected chi connectivity index (χ4v) is 4.14. The summed E-state index contributed by atoms with van der Waals surface area (Å²) in [5, 5.41) is 2.58. The van der Waals surface area contributed by atoms with Crippen LogP contribution in [0.3, 0.4) is 0 Å². The zero-order chi connectivity index (χ0) is 18.7. The van der Waals surface area contributed by atoms with Crippen LogP contribution in [0.2, 0.25) is 0 Å². The number of carbonyl (C=O) groups is 1. The van der Waals surface area contributed by atoms with Crippen LogP contribution in [0, 0.1) is 9.39 Å². The molecule has 0 bridgehead atoms. The molecular weight excluding hydrogens is 488 g/mol. The van der Waals surface area contributed by atoms with Crippen LogP contribution in [0.25, 0.3) is 6.08 Å². The Morgan fingerprint density at radius 1 is 1.35 bits per heavy atom. The Bertz CT molecular complexity index is 917. The fourth-order valence-electron chi connectivity index (χ4n) is 2.32. The first-order chi connectivity index (χ1) is 12.5. The van der Waals surface area contributed by atoms with Gasteiger partial charge in [-0.1, -0.05) is 36.1 Å². The standard InChI is InChI=1S/C18H13FINO3S2/c1-23-14-7-11(8-15-17(22)21-18(25)26-15)6-13(20)16(14)24-9-10-3-2-4-12(19)5-10/h2-8H,9H2,1H3,(H,21,22,25)/b15-8-. The lowest BCUT2D eigenvalue weighted by Crippen LogP contribution is -2.17. The summed E-state index contributed by atoms with van der Waals surface area (Å²) in [4.78, 5) is 12.3. The van der Waals surface area contributed by atoms with E-state index in [1.54, 1.807) is 31.4 Å². The van der Waals surface area contributed by atoms with E-state index in [0.717, 1.165) is 14.7 Å². The van der Waals surface area contributed by atoms with Gasteiger partial charge in [0.1, 0.15) is 16.7 Å². The highest BCUT2D eigenvalue weighted by atomic mass is 127. The molecule has 8 heteroatoms. The van der Waals surface area contributed by atoms with Gasteiger partial charge in [0.15, 0.2) is 11.5 Å². The third-order valence-corrected chi connectivity index (χ3v) is 5.43. The first-order valence-corrected chi connectivity index (χ1v) is 9.76. The molecule has 134 valence electrons. The number of methoxy groups -OCH3 is 1. The number of rotatable bonds is 5. The topological polar surface area (TPSA) is 47.6 Å². The van der Waals surface area contributed by atoms with Crippen LogP contribution in [0.1, 0.15) is 11.1 Å². The van der Waals surface area contributed by atoms with Crippen molar-refractivity contribution in [2.75, 3.05) is 7.11 Å². The van der Waals surface area contributed by atoms with Gasteiger partial charge >= 0.3 is 0 Å². The van der Waals surface area contributed by atoms with Gasteiger partial charge < -0.3 is 14.8 Å². The summed E-state index contributed by atoms with van der Waals surface area (Å²) in [5.74, 6) is 0.588. The van der Waals surface area contributed by atoms with Gasteiger partial charge in [-0.25, -0.2) is 4.39 Å². The van der Waals surface area contributed by atoms with Crippen molar-refractivity contribution in [3.63, 3.8) is 0 Å². The SMILES string of the molecule is COc1cc(/C=C2\SC(=S)NC2=O)cc(I)c1OCc1cccc(F)c1. The van der Waals surface area contributed by atoms with E-state index in [0.29, 0.717) is 20.7 Å². The molecule has 2 aromatic carbocycles. The quantitative estimate of drug-likeness (QED) is 0.372. The van der Waals surface area contributed by atoms with Crippen LogP contribution < -0.4 is 14.8 Å². The minimum Gasteiger partial charge on any atom is -0.493 e. The summed E-state index contributed by atoms with van der Waals surface area (Å²) in [7, 11) is 1.55. The molecule has 1 aliphatic heterocycles. The van der Waals surface area contributed by atoms with E-state index >= 15 is 0 Å². The summed E-state index contributed by atoms with van der Waals surface area (Å²) in [6.45, 7) is 0.219. The number of benzene rings is 2. The molecule has 3 rings (SSSR count). The third kappa shape index (κ3) is 4.54. The highest BCUT2D eigenvalue weighted by molar-refractivity contribution is 14.1. The summed E-state index contributed by atoms with van der Waals surface area (Å²) >= 11 is 8.35. The molecule has 0 aliphatic carbocycles. The third-order valence-electron chi connectivity index (χ3n) is 3.46. The Morgan fingerprint density at radius 2 is 2.15 bits per heavy atom. The zero-order valence-electron chi connectivity index (χ0n) is 13.5. The van der Waals surface area contributed by atoms with Gasteiger partial charge in [0.2, 0.25) is 0 Å². The van der Waals surface area contributed by atoms with Crippen molar-refractivity contribution in [2.45, 2.75) is 6.61 Å². The molecule has 0 aromatic heterocycles. The molecule has 1 saturated heterocycles. The number of thiocarbonyl (C=S) groups is 1. The number of nitrogens with one attached hydrogen (secondary N) is 1. The van der Waals surface area contributed by atoms with Crippen molar-refractivity contribution in [3.05, 3.63) is 61.8 Å². The largest absolute Gasteiger partial charge is 0.493 e. The van der Waals surface area contributed by atoms with E-state index < -0.39 is 0 Å². The maximum absolute atomic E-state index is 13.3. The Labute approximate surface area is 173 Å². The van der Waals surface area contributed by atoms with E-state index in [4.69, 9.17) is 21.7 Å². The number of amides is 1. The Kier molecular flexibility index (Phi) is 6.15. The molecule has 1 amide bonds. The highest BCUT2D eigenvalue weighted by Crippen LogP contribution is 2.36. The van der Waals surface area contributed by atoms with Crippen LogP contribution in [-0.2, 0) is 11.4 Å². The average Bonchev–Trinajstić information content (AvgIpc) is 2.90. The summed E-state index contributed by atoms with van der Waals surface area (Å²) in [5.41, 5.74) is 1.52. The van der Waals surface area contributed by atoms with Crippen molar-refractivity contribution in [2.24, 2.45) is 0 Å². The van der Waals surface area contributed by atoms with Crippen molar-refractivity contribution in [1.82, 2.24) is 5.32 Å². The van der Waals surface area contributed by atoms with Crippen LogP contribution >= 0.6 is 46.6 Å². The fraction of sp³-hybridized carbons (Fsp3) is 0.111. The molecule has 0 radical (unpaired) electrons. The Hall–Kier alpha value is -1.65. The number of hydrogen-bond donors (Lipinski definition) is 1. The van der Waals surface area contributed by atoms with E-state index in [1.165, 1.54) is 23.9 Å². The predicted octanol–water partition coefficient (Wildman–Crippen LogP) is 4.51. The van der Waals surface area contributed by atoms with E-state index in [1.807, 2.05) is 6.07 Å². The molecule has 1 fully saturated rings. The number of carbonyl (C=O) groups excluding carboxylic acids is 1. The number of ether oxygens (including phenoxy) is 2. The highest BCUT2D eigenvalue weighted by Gasteiger charge is 2.22. The van der Waals surface area contributed by atoms with Gasteiger partial charge in [0, 0.05) is 0 Å². The molecule has 1 aliphatic rings. The van der Waals surface area contributed by atoms with E-state index in [9.17, 15) is 9.18 Å². The number of thioether (sulfide) groups is 1.